The van der Waals surface area contributed by atoms with Gasteiger partial charge in [0, 0.05) is 23.5 Å². The monoisotopic (exact) mass is 364 g/mol. The summed E-state index contributed by atoms with van der Waals surface area (Å²) in [5, 5.41) is 8.79. The molecule has 0 aliphatic heterocycles. The number of halogens is 2. The third-order valence-electron chi connectivity index (χ3n) is 3.40. The van der Waals surface area contributed by atoms with Gasteiger partial charge in [-0.15, -0.1) is 0 Å². The molecule has 1 N–H and O–H groups in total. The number of pyridine rings is 1. The van der Waals surface area contributed by atoms with Gasteiger partial charge >= 0.3 is 0 Å². The van der Waals surface area contributed by atoms with Crippen molar-refractivity contribution in [1.82, 2.24) is 14.8 Å². The Morgan fingerprint density at radius 3 is 2.92 bits per heavy atom. The van der Waals surface area contributed by atoms with Crippen molar-refractivity contribution in [1.29, 1.82) is 0 Å². The van der Waals surface area contributed by atoms with Gasteiger partial charge < -0.3 is 10.1 Å². The second kappa shape index (κ2) is 6.67. The standard InChI is InChI=1S/C16H14Cl2N4O2/c1-9-12-6-11(7-19-16(12)22(2)21-9)20-15(23)8-24-14-5-10(17)3-4-13(14)18/h3-7H,8H2,1-2H3,(H,20,23). The molecule has 0 aliphatic rings. The lowest BCUT2D eigenvalue weighted by Gasteiger charge is -2.09. The molecule has 24 heavy (non-hydrogen) atoms. The maximum Gasteiger partial charge on any atom is 0.262 e. The SMILES string of the molecule is Cc1nn(C)c2ncc(NC(=O)COc3cc(Cl)ccc3Cl)cc12. The fourth-order valence-corrected chi connectivity index (χ4v) is 2.64. The average molecular weight is 365 g/mol. The number of ether oxygens (including phenoxy) is 1. The van der Waals surface area contributed by atoms with Gasteiger partial charge in [-0.1, -0.05) is 23.2 Å². The van der Waals surface area contributed by atoms with Crippen LogP contribution in [0, 0.1) is 6.92 Å². The minimum atomic E-state index is -0.325. The summed E-state index contributed by atoms with van der Waals surface area (Å²) in [4.78, 5) is 16.4. The van der Waals surface area contributed by atoms with Gasteiger partial charge in [-0.25, -0.2) is 4.98 Å². The second-order valence-corrected chi connectivity index (χ2v) is 6.06. The number of hydrogen-bond donors (Lipinski definition) is 1. The number of amides is 1. The Labute approximate surface area is 148 Å². The third kappa shape index (κ3) is 3.44. The van der Waals surface area contributed by atoms with E-state index in [4.69, 9.17) is 27.9 Å². The fraction of sp³-hybridized carbons (Fsp3) is 0.188. The molecule has 1 amide bonds. The van der Waals surface area contributed by atoms with Gasteiger partial charge in [-0.2, -0.15) is 5.10 Å². The first kappa shape index (κ1) is 16.5. The van der Waals surface area contributed by atoms with E-state index in [1.54, 1.807) is 29.1 Å². The number of aryl methyl sites for hydroxylation is 2. The van der Waals surface area contributed by atoms with Gasteiger partial charge in [-0.05, 0) is 25.1 Å². The van der Waals surface area contributed by atoms with Crippen LogP contribution in [0.1, 0.15) is 5.69 Å². The molecule has 0 spiro atoms. The molecule has 8 heteroatoms. The van der Waals surface area contributed by atoms with Gasteiger partial charge in [0.25, 0.3) is 5.91 Å². The summed E-state index contributed by atoms with van der Waals surface area (Å²) in [7, 11) is 1.82. The van der Waals surface area contributed by atoms with Crippen LogP contribution in [0.15, 0.2) is 30.5 Å². The van der Waals surface area contributed by atoms with E-state index in [0.29, 0.717) is 21.5 Å². The number of fused-ring (bicyclic) bond motifs is 1. The summed E-state index contributed by atoms with van der Waals surface area (Å²) in [5.74, 6) is 0.0322. The molecular weight excluding hydrogens is 351 g/mol. The van der Waals surface area contributed by atoms with Crippen LogP contribution < -0.4 is 10.1 Å². The number of rotatable bonds is 4. The average Bonchev–Trinajstić information content (AvgIpc) is 2.82. The van der Waals surface area contributed by atoms with E-state index in [2.05, 4.69) is 15.4 Å². The van der Waals surface area contributed by atoms with Gasteiger partial charge in [-0.3, -0.25) is 9.48 Å². The first-order chi connectivity index (χ1) is 11.4. The van der Waals surface area contributed by atoms with Gasteiger partial charge in [0.05, 0.1) is 22.6 Å². The maximum absolute atomic E-state index is 12.0. The number of aromatic nitrogens is 3. The summed E-state index contributed by atoms with van der Waals surface area (Å²) in [6, 6.07) is 6.65. The molecule has 0 atom stereocenters. The van der Waals surface area contributed by atoms with E-state index in [9.17, 15) is 4.79 Å². The molecular formula is C16H14Cl2N4O2. The number of nitrogens with zero attached hydrogens (tertiary/aromatic N) is 3. The van der Waals surface area contributed by atoms with Crippen LogP contribution in [0.4, 0.5) is 5.69 Å². The largest absolute Gasteiger partial charge is 0.482 e. The van der Waals surface area contributed by atoms with E-state index in [0.717, 1.165) is 16.7 Å². The molecule has 0 saturated carbocycles. The molecule has 0 saturated heterocycles. The molecule has 0 bridgehead atoms. The summed E-state index contributed by atoms with van der Waals surface area (Å²) in [6.45, 7) is 1.70. The van der Waals surface area contributed by atoms with Gasteiger partial charge in [0.15, 0.2) is 12.3 Å². The lowest BCUT2D eigenvalue weighted by Crippen LogP contribution is -2.20. The van der Waals surface area contributed by atoms with Crippen molar-refractivity contribution >= 4 is 45.8 Å². The zero-order valence-electron chi connectivity index (χ0n) is 13.0. The summed E-state index contributed by atoms with van der Waals surface area (Å²) in [6.07, 6.45) is 1.58. The van der Waals surface area contributed by atoms with Gasteiger partial charge in [0.1, 0.15) is 5.75 Å². The van der Waals surface area contributed by atoms with Crippen molar-refractivity contribution in [2.75, 3.05) is 11.9 Å². The minimum absolute atomic E-state index is 0.190. The van der Waals surface area contributed by atoms with Crippen molar-refractivity contribution in [3.05, 3.63) is 46.2 Å². The first-order valence-electron chi connectivity index (χ1n) is 7.11. The Bertz CT molecular complexity index is 924. The van der Waals surface area contributed by atoms with E-state index in [1.807, 2.05) is 20.0 Å². The molecule has 0 fully saturated rings. The van der Waals surface area contributed by atoms with Crippen molar-refractivity contribution in [2.45, 2.75) is 6.92 Å². The zero-order valence-corrected chi connectivity index (χ0v) is 14.5. The minimum Gasteiger partial charge on any atom is -0.482 e. The van der Waals surface area contributed by atoms with Crippen molar-refractivity contribution in [3.63, 3.8) is 0 Å². The number of hydrogen-bond acceptors (Lipinski definition) is 4. The quantitative estimate of drug-likeness (QED) is 0.767. The Balaban J connectivity index is 1.68. The molecule has 124 valence electrons. The Kier molecular flexibility index (Phi) is 4.59. The molecule has 1 aromatic carbocycles. The number of anilines is 1. The topological polar surface area (TPSA) is 69.0 Å². The molecule has 3 rings (SSSR count). The van der Waals surface area contributed by atoms with Crippen molar-refractivity contribution in [2.24, 2.45) is 7.05 Å². The van der Waals surface area contributed by atoms with E-state index >= 15 is 0 Å². The van der Waals surface area contributed by atoms with Crippen LogP contribution >= 0.6 is 23.2 Å². The molecule has 6 nitrogen and oxygen atoms in total. The lowest BCUT2D eigenvalue weighted by molar-refractivity contribution is -0.118. The smallest absolute Gasteiger partial charge is 0.262 e. The highest BCUT2D eigenvalue weighted by molar-refractivity contribution is 6.34. The predicted octanol–water partition coefficient (Wildman–Crippen LogP) is 3.60. The number of carbonyl (C=O) groups is 1. The Morgan fingerprint density at radius 1 is 1.33 bits per heavy atom. The van der Waals surface area contributed by atoms with Crippen LogP contribution in [0.25, 0.3) is 11.0 Å². The highest BCUT2D eigenvalue weighted by Gasteiger charge is 2.10. The molecule has 0 radical (unpaired) electrons. The lowest BCUT2D eigenvalue weighted by atomic mass is 10.2. The van der Waals surface area contributed by atoms with Crippen LogP contribution in [0.2, 0.25) is 10.0 Å². The third-order valence-corrected chi connectivity index (χ3v) is 3.95. The van der Waals surface area contributed by atoms with Crippen molar-refractivity contribution in [3.8, 4) is 5.75 Å². The molecule has 2 heterocycles. The summed E-state index contributed by atoms with van der Waals surface area (Å²) >= 11 is 11.9. The maximum atomic E-state index is 12.0. The molecule has 3 aromatic rings. The second-order valence-electron chi connectivity index (χ2n) is 5.22. The molecule has 0 aliphatic carbocycles. The van der Waals surface area contributed by atoms with Crippen LogP contribution in [-0.4, -0.2) is 27.3 Å². The Morgan fingerprint density at radius 2 is 2.12 bits per heavy atom. The van der Waals surface area contributed by atoms with Crippen LogP contribution in [-0.2, 0) is 11.8 Å². The predicted molar refractivity (Wildman–Crippen MR) is 93.8 cm³/mol. The van der Waals surface area contributed by atoms with Gasteiger partial charge in [0.2, 0.25) is 0 Å². The number of carbonyl (C=O) groups excluding carboxylic acids is 1. The highest BCUT2D eigenvalue weighted by atomic mass is 35.5. The highest BCUT2D eigenvalue weighted by Crippen LogP contribution is 2.27. The van der Waals surface area contributed by atoms with Crippen LogP contribution in [0.3, 0.4) is 0 Å². The number of benzene rings is 1. The number of nitrogens with one attached hydrogen (secondary N) is 1. The fourth-order valence-electron chi connectivity index (χ4n) is 2.30. The summed E-state index contributed by atoms with van der Waals surface area (Å²) in [5.41, 5.74) is 2.18. The molecule has 2 aromatic heterocycles. The van der Waals surface area contributed by atoms with E-state index < -0.39 is 0 Å². The normalized spacial score (nSPS) is 10.8. The van der Waals surface area contributed by atoms with Crippen molar-refractivity contribution < 1.29 is 9.53 Å². The zero-order chi connectivity index (χ0) is 17.3. The Hall–Kier alpha value is -2.31. The van der Waals surface area contributed by atoms with Crippen LogP contribution in [0.5, 0.6) is 5.75 Å². The summed E-state index contributed by atoms with van der Waals surface area (Å²) < 4.78 is 7.10. The molecule has 0 unspecified atom stereocenters. The first-order valence-corrected chi connectivity index (χ1v) is 7.86. The van der Waals surface area contributed by atoms with E-state index in [-0.39, 0.29) is 12.5 Å². The van der Waals surface area contributed by atoms with E-state index in [1.165, 1.54) is 0 Å².